The fourth-order valence-corrected chi connectivity index (χ4v) is 0.929. The predicted octanol–water partition coefficient (Wildman–Crippen LogP) is 2.70. The zero-order chi connectivity index (χ0) is 7.56. The molecule has 0 saturated carbocycles. The molecule has 0 aliphatic carbocycles. The number of hydrogen-bond donors (Lipinski definition) is 0. The third kappa shape index (κ3) is 1.34. The average Bonchev–Trinajstić information content (AvgIpc) is 1.94. The van der Waals surface area contributed by atoms with Crippen molar-refractivity contribution in [2.45, 2.75) is 6.92 Å². The van der Waals surface area contributed by atoms with E-state index in [0.29, 0.717) is 5.69 Å². The Morgan fingerprint density at radius 3 is 2.90 bits per heavy atom. The van der Waals surface area contributed by atoms with E-state index in [-0.39, 0.29) is 0 Å². The van der Waals surface area contributed by atoms with Gasteiger partial charge in [-0.15, -0.1) is 0 Å². The smallest absolute Gasteiger partial charge is 0.209 e. The summed E-state index contributed by atoms with van der Waals surface area (Å²) >= 11 is 3.23. The molecular weight excluding hydrogens is 192 g/mol. The number of halogens is 1. The molecular formula is C7H5BrN2. The first-order valence-electron chi connectivity index (χ1n) is 2.73. The molecule has 0 bridgehead atoms. The Labute approximate surface area is 67.9 Å². The van der Waals surface area contributed by atoms with E-state index in [1.54, 1.807) is 12.3 Å². The number of nitrogens with zero attached hydrogens (tertiary/aromatic N) is 2. The topological polar surface area (TPSA) is 17.2 Å². The van der Waals surface area contributed by atoms with E-state index in [1.807, 2.05) is 6.92 Å². The third-order valence-corrected chi connectivity index (χ3v) is 1.58. The second-order valence-electron chi connectivity index (χ2n) is 1.87. The van der Waals surface area contributed by atoms with Gasteiger partial charge in [-0.1, -0.05) is 15.9 Å². The van der Waals surface area contributed by atoms with Gasteiger partial charge in [0.15, 0.2) is 0 Å². The lowest BCUT2D eigenvalue weighted by atomic mass is 10.3. The van der Waals surface area contributed by atoms with Gasteiger partial charge in [0.05, 0.1) is 6.57 Å². The molecule has 1 heterocycles. The van der Waals surface area contributed by atoms with Crippen LogP contribution in [0.15, 0.2) is 16.7 Å². The van der Waals surface area contributed by atoms with Crippen LogP contribution in [0.5, 0.6) is 0 Å². The maximum Gasteiger partial charge on any atom is 0.209 e. The normalized spacial score (nSPS) is 8.90. The minimum absolute atomic E-state index is 0.606. The van der Waals surface area contributed by atoms with E-state index in [4.69, 9.17) is 6.57 Å². The number of aromatic nitrogens is 1. The van der Waals surface area contributed by atoms with E-state index in [1.165, 1.54) is 0 Å². The Hall–Kier alpha value is -0.880. The molecule has 2 nitrogen and oxygen atoms in total. The number of aryl methyl sites for hydroxylation is 1. The molecule has 0 aliphatic heterocycles. The highest BCUT2D eigenvalue weighted by atomic mass is 79.9. The van der Waals surface area contributed by atoms with Crippen molar-refractivity contribution < 1.29 is 0 Å². The van der Waals surface area contributed by atoms with Crippen molar-refractivity contribution in [3.8, 4) is 0 Å². The van der Waals surface area contributed by atoms with E-state index < -0.39 is 0 Å². The van der Waals surface area contributed by atoms with Gasteiger partial charge in [0, 0.05) is 16.4 Å². The van der Waals surface area contributed by atoms with Crippen LogP contribution in [0.1, 0.15) is 5.69 Å². The van der Waals surface area contributed by atoms with Gasteiger partial charge in [-0.3, -0.25) is 4.98 Å². The molecule has 1 aromatic rings. The summed E-state index contributed by atoms with van der Waals surface area (Å²) in [5.41, 5.74) is 1.38. The van der Waals surface area contributed by atoms with Crippen molar-refractivity contribution in [1.82, 2.24) is 4.98 Å². The Morgan fingerprint density at radius 1 is 1.70 bits per heavy atom. The fraction of sp³-hybridized carbons (Fsp3) is 0.143. The van der Waals surface area contributed by atoms with Gasteiger partial charge < -0.3 is 0 Å². The first kappa shape index (κ1) is 7.23. The molecule has 0 saturated heterocycles. The molecule has 0 radical (unpaired) electrons. The Bertz CT molecular complexity index is 288. The number of rotatable bonds is 0. The third-order valence-electron chi connectivity index (χ3n) is 1.15. The SMILES string of the molecule is [C-]#[N+]c1cc(Br)cnc1C. The molecule has 0 N–H and O–H groups in total. The summed E-state index contributed by atoms with van der Waals surface area (Å²) in [5.74, 6) is 0. The van der Waals surface area contributed by atoms with Crippen LogP contribution in [0.3, 0.4) is 0 Å². The predicted molar refractivity (Wildman–Crippen MR) is 42.9 cm³/mol. The summed E-state index contributed by atoms with van der Waals surface area (Å²) in [7, 11) is 0. The summed E-state index contributed by atoms with van der Waals surface area (Å²) in [5, 5.41) is 0. The fourth-order valence-electron chi connectivity index (χ4n) is 0.610. The van der Waals surface area contributed by atoms with Gasteiger partial charge in [-0.2, -0.15) is 0 Å². The van der Waals surface area contributed by atoms with E-state index in [9.17, 15) is 0 Å². The quantitative estimate of drug-likeness (QED) is 0.584. The van der Waals surface area contributed by atoms with Crippen molar-refractivity contribution >= 4 is 21.6 Å². The molecule has 50 valence electrons. The lowest BCUT2D eigenvalue weighted by Gasteiger charge is -1.94. The van der Waals surface area contributed by atoms with Crippen LogP contribution >= 0.6 is 15.9 Å². The highest BCUT2D eigenvalue weighted by molar-refractivity contribution is 9.10. The molecule has 1 aromatic heterocycles. The Morgan fingerprint density at radius 2 is 2.40 bits per heavy atom. The van der Waals surface area contributed by atoms with Crippen LogP contribution < -0.4 is 0 Å². The van der Waals surface area contributed by atoms with Gasteiger partial charge >= 0.3 is 0 Å². The molecule has 0 spiro atoms. The average molecular weight is 197 g/mol. The van der Waals surface area contributed by atoms with Crippen molar-refractivity contribution in [3.05, 3.63) is 33.8 Å². The van der Waals surface area contributed by atoms with Crippen LogP contribution in [0.25, 0.3) is 4.85 Å². The van der Waals surface area contributed by atoms with E-state index >= 15 is 0 Å². The first-order valence-corrected chi connectivity index (χ1v) is 3.53. The molecule has 3 heteroatoms. The van der Waals surface area contributed by atoms with E-state index in [0.717, 1.165) is 10.2 Å². The largest absolute Gasteiger partial charge is 0.272 e. The molecule has 1 rings (SSSR count). The Balaban J connectivity index is 3.25. The molecule has 0 amide bonds. The maximum absolute atomic E-state index is 6.75. The zero-order valence-corrected chi connectivity index (χ0v) is 7.01. The van der Waals surface area contributed by atoms with E-state index in [2.05, 4.69) is 25.8 Å². The second-order valence-corrected chi connectivity index (χ2v) is 2.79. The van der Waals surface area contributed by atoms with Crippen molar-refractivity contribution in [1.29, 1.82) is 0 Å². The number of hydrogen-bond acceptors (Lipinski definition) is 1. The zero-order valence-electron chi connectivity index (χ0n) is 5.43. The molecule has 0 unspecified atom stereocenters. The monoisotopic (exact) mass is 196 g/mol. The van der Waals surface area contributed by atoms with Crippen LogP contribution in [0.4, 0.5) is 5.69 Å². The van der Waals surface area contributed by atoms with Crippen LogP contribution in [-0.2, 0) is 0 Å². The summed E-state index contributed by atoms with van der Waals surface area (Å²) < 4.78 is 0.851. The van der Waals surface area contributed by atoms with Crippen molar-refractivity contribution in [2.24, 2.45) is 0 Å². The van der Waals surface area contributed by atoms with Crippen LogP contribution in [0, 0.1) is 13.5 Å². The van der Waals surface area contributed by atoms with Crippen molar-refractivity contribution in [2.75, 3.05) is 0 Å². The summed E-state index contributed by atoms with van der Waals surface area (Å²) in [6, 6.07) is 1.76. The van der Waals surface area contributed by atoms with Gasteiger partial charge in [-0.25, -0.2) is 4.85 Å². The molecule has 0 fully saturated rings. The minimum Gasteiger partial charge on any atom is -0.272 e. The summed E-state index contributed by atoms with van der Waals surface area (Å²) in [6.45, 7) is 8.56. The first-order chi connectivity index (χ1) is 4.74. The standard InChI is InChI=1S/C7H5BrN2/c1-5-7(9-2)3-6(8)4-10-5/h3-4H,1H3. The highest BCUT2D eigenvalue weighted by Gasteiger charge is 1.97. The molecule has 10 heavy (non-hydrogen) atoms. The molecule has 0 aliphatic rings. The van der Waals surface area contributed by atoms with Crippen LogP contribution in [0.2, 0.25) is 0 Å². The summed E-state index contributed by atoms with van der Waals surface area (Å²) in [4.78, 5) is 7.28. The molecule has 0 atom stereocenters. The highest BCUT2D eigenvalue weighted by Crippen LogP contribution is 2.20. The summed E-state index contributed by atoms with van der Waals surface area (Å²) in [6.07, 6.45) is 1.68. The maximum atomic E-state index is 6.75. The van der Waals surface area contributed by atoms with Gasteiger partial charge in [0.2, 0.25) is 5.69 Å². The second kappa shape index (κ2) is 2.80. The van der Waals surface area contributed by atoms with Crippen molar-refractivity contribution in [3.63, 3.8) is 0 Å². The van der Waals surface area contributed by atoms with Crippen LogP contribution in [-0.4, -0.2) is 4.98 Å². The number of pyridine rings is 1. The molecule has 0 aromatic carbocycles. The Kier molecular flexibility index (Phi) is 2.03. The van der Waals surface area contributed by atoms with Gasteiger partial charge in [0.25, 0.3) is 0 Å². The lowest BCUT2D eigenvalue weighted by Crippen LogP contribution is -1.78. The lowest BCUT2D eigenvalue weighted by molar-refractivity contribution is 1.20. The minimum atomic E-state index is 0.606. The van der Waals surface area contributed by atoms with Gasteiger partial charge in [-0.05, 0) is 13.0 Å². The van der Waals surface area contributed by atoms with Gasteiger partial charge in [0.1, 0.15) is 0 Å².